The molecule has 0 fully saturated rings. The fraction of sp³-hybridized carbons (Fsp3) is 0.588. The lowest BCUT2D eigenvalue weighted by Crippen LogP contribution is -2.55. The SMILES string of the molecule is COc1cc(CC(=O)NC(C)(CN)C(C)C)cc(OC)c1OC.Cl. The van der Waals surface area contributed by atoms with E-state index in [1.165, 1.54) is 0 Å². The Morgan fingerprint density at radius 3 is 2.00 bits per heavy atom. The normalized spacial score (nSPS) is 12.8. The van der Waals surface area contributed by atoms with E-state index in [4.69, 9.17) is 19.9 Å². The number of rotatable bonds is 8. The van der Waals surface area contributed by atoms with Gasteiger partial charge in [0, 0.05) is 6.54 Å². The zero-order valence-electron chi connectivity index (χ0n) is 15.3. The van der Waals surface area contributed by atoms with Crippen LogP contribution in [0.1, 0.15) is 26.3 Å². The molecular weight excluding hydrogens is 332 g/mol. The highest BCUT2D eigenvalue weighted by molar-refractivity contribution is 5.85. The number of hydrogen-bond acceptors (Lipinski definition) is 5. The van der Waals surface area contributed by atoms with Crippen molar-refractivity contribution in [1.29, 1.82) is 0 Å². The number of methoxy groups -OCH3 is 3. The third-order valence-corrected chi connectivity index (χ3v) is 4.21. The zero-order valence-corrected chi connectivity index (χ0v) is 16.1. The largest absolute Gasteiger partial charge is 0.493 e. The molecule has 3 N–H and O–H groups in total. The molecule has 138 valence electrons. The van der Waals surface area contributed by atoms with Gasteiger partial charge in [0.05, 0.1) is 33.3 Å². The number of nitrogens with one attached hydrogen (secondary N) is 1. The molecular formula is C17H29ClN2O4. The first-order valence-electron chi connectivity index (χ1n) is 7.61. The molecule has 0 radical (unpaired) electrons. The van der Waals surface area contributed by atoms with E-state index in [0.717, 1.165) is 5.56 Å². The fourth-order valence-corrected chi connectivity index (χ4v) is 2.22. The molecule has 0 spiro atoms. The number of benzene rings is 1. The minimum atomic E-state index is -0.433. The molecule has 7 heteroatoms. The number of halogens is 1. The quantitative estimate of drug-likeness (QED) is 0.742. The Morgan fingerprint density at radius 2 is 1.67 bits per heavy atom. The molecule has 0 aliphatic rings. The van der Waals surface area contributed by atoms with Crippen molar-refractivity contribution in [2.45, 2.75) is 32.7 Å². The summed E-state index contributed by atoms with van der Waals surface area (Å²) in [6.45, 7) is 6.40. The summed E-state index contributed by atoms with van der Waals surface area (Å²) in [6, 6.07) is 3.55. The third-order valence-electron chi connectivity index (χ3n) is 4.21. The maximum absolute atomic E-state index is 12.4. The van der Waals surface area contributed by atoms with E-state index in [0.29, 0.717) is 23.8 Å². The van der Waals surface area contributed by atoms with Crippen LogP contribution in [0.5, 0.6) is 17.2 Å². The van der Waals surface area contributed by atoms with Crippen molar-refractivity contribution in [3.05, 3.63) is 17.7 Å². The number of hydrogen-bond donors (Lipinski definition) is 2. The van der Waals surface area contributed by atoms with Crippen LogP contribution in [0.4, 0.5) is 0 Å². The van der Waals surface area contributed by atoms with Gasteiger partial charge in [0.2, 0.25) is 11.7 Å². The molecule has 0 bridgehead atoms. The molecule has 0 aliphatic carbocycles. The second-order valence-corrected chi connectivity index (χ2v) is 6.03. The molecule has 1 aromatic rings. The van der Waals surface area contributed by atoms with Crippen LogP contribution in [0.2, 0.25) is 0 Å². The smallest absolute Gasteiger partial charge is 0.224 e. The predicted molar refractivity (Wildman–Crippen MR) is 97.5 cm³/mol. The van der Waals surface area contributed by atoms with Crippen molar-refractivity contribution in [2.24, 2.45) is 11.7 Å². The fourth-order valence-electron chi connectivity index (χ4n) is 2.22. The van der Waals surface area contributed by atoms with Crippen molar-refractivity contribution in [3.63, 3.8) is 0 Å². The Bertz CT molecular complexity index is 526. The molecule has 0 saturated carbocycles. The number of ether oxygens (including phenoxy) is 3. The highest BCUT2D eigenvalue weighted by atomic mass is 35.5. The van der Waals surface area contributed by atoms with Gasteiger partial charge in [0.1, 0.15) is 0 Å². The third kappa shape index (κ3) is 5.18. The van der Waals surface area contributed by atoms with E-state index in [2.05, 4.69) is 5.32 Å². The summed E-state index contributed by atoms with van der Waals surface area (Å²) in [5.41, 5.74) is 6.15. The summed E-state index contributed by atoms with van der Waals surface area (Å²) >= 11 is 0. The second-order valence-electron chi connectivity index (χ2n) is 6.03. The van der Waals surface area contributed by atoms with E-state index < -0.39 is 5.54 Å². The first kappa shape index (κ1) is 22.3. The molecule has 0 saturated heterocycles. The average Bonchev–Trinajstić information content (AvgIpc) is 2.53. The van der Waals surface area contributed by atoms with Gasteiger partial charge in [0.15, 0.2) is 11.5 Å². The van der Waals surface area contributed by atoms with E-state index in [1.807, 2.05) is 20.8 Å². The van der Waals surface area contributed by atoms with Crippen molar-refractivity contribution in [1.82, 2.24) is 5.32 Å². The van der Waals surface area contributed by atoms with Gasteiger partial charge in [-0.25, -0.2) is 0 Å². The Hall–Kier alpha value is -1.66. The zero-order chi connectivity index (χ0) is 17.6. The highest BCUT2D eigenvalue weighted by Crippen LogP contribution is 2.38. The van der Waals surface area contributed by atoms with Crippen molar-refractivity contribution < 1.29 is 19.0 Å². The minimum absolute atomic E-state index is 0. The maximum Gasteiger partial charge on any atom is 0.224 e. The molecule has 1 rings (SSSR count). The van der Waals surface area contributed by atoms with Crippen LogP contribution in [0, 0.1) is 5.92 Å². The molecule has 6 nitrogen and oxygen atoms in total. The molecule has 1 unspecified atom stereocenters. The van der Waals surface area contributed by atoms with Gasteiger partial charge in [-0.15, -0.1) is 12.4 Å². The van der Waals surface area contributed by atoms with Crippen LogP contribution in [-0.2, 0) is 11.2 Å². The number of amides is 1. The molecule has 0 aliphatic heterocycles. The van der Waals surface area contributed by atoms with Gasteiger partial charge in [-0.2, -0.15) is 0 Å². The van der Waals surface area contributed by atoms with Crippen LogP contribution < -0.4 is 25.3 Å². The molecule has 1 aromatic carbocycles. The Labute approximate surface area is 150 Å². The van der Waals surface area contributed by atoms with Crippen LogP contribution in [-0.4, -0.2) is 39.3 Å². The van der Waals surface area contributed by atoms with E-state index in [9.17, 15) is 4.79 Å². The molecule has 1 atom stereocenters. The first-order chi connectivity index (χ1) is 10.8. The molecule has 24 heavy (non-hydrogen) atoms. The summed E-state index contributed by atoms with van der Waals surface area (Å²) in [5, 5.41) is 3.02. The Morgan fingerprint density at radius 1 is 1.17 bits per heavy atom. The summed E-state index contributed by atoms with van der Waals surface area (Å²) in [7, 11) is 4.64. The summed E-state index contributed by atoms with van der Waals surface area (Å²) in [5.74, 6) is 1.70. The summed E-state index contributed by atoms with van der Waals surface area (Å²) in [6.07, 6.45) is 0.207. The summed E-state index contributed by atoms with van der Waals surface area (Å²) in [4.78, 5) is 12.4. The Balaban J connectivity index is 0.00000529. The number of carbonyl (C=O) groups excluding carboxylic acids is 1. The topological polar surface area (TPSA) is 82.8 Å². The lowest BCUT2D eigenvalue weighted by atomic mass is 9.88. The number of nitrogens with two attached hydrogens (primary N) is 1. The van der Waals surface area contributed by atoms with Crippen molar-refractivity contribution in [3.8, 4) is 17.2 Å². The monoisotopic (exact) mass is 360 g/mol. The van der Waals surface area contributed by atoms with Crippen molar-refractivity contribution >= 4 is 18.3 Å². The van der Waals surface area contributed by atoms with E-state index in [1.54, 1.807) is 33.5 Å². The van der Waals surface area contributed by atoms with Crippen LogP contribution in [0.3, 0.4) is 0 Å². The van der Waals surface area contributed by atoms with Crippen LogP contribution >= 0.6 is 12.4 Å². The van der Waals surface area contributed by atoms with Gasteiger partial charge >= 0.3 is 0 Å². The minimum Gasteiger partial charge on any atom is -0.493 e. The van der Waals surface area contributed by atoms with E-state index in [-0.39, 0.29) is 30.7 Å². The highest BCUT2D eigenvalue weighted by Gasteiger charge is 2.28. The maximum atomic E-state index is 12.4. The van der Waals surface area contributed by atoms with Crippen LogP contribution in [0.25, 0.3) is 0 Å². The van der Waals surface area contributed by atoms with Crippen LogP contribution in [0.15, 0.2) is 12.1 Å². The van der Waals surface area contributed by atoms with Gasteiger partial charge in [-0.1, -0.05) is 13.8 Å². The second kappa shape index (κ2) is 9.59. The first-order valence-corrected chi connectivity index (χ1v) is 7.61. The lowest BCUT2D eigenvalue weighted by molar-refractivity contribution is -0.122. The Kier molecular flexibility index (Phi) is 8.93. The summed E-state index contributed by atoms with van der Waals surface area (Å²) < 4.78 is 15.9. The molecule has 0 heterocycles. The van der Waals surface area contributed by atoms with Gasteiger partial charge in [-0.3, -0.25) is 4.79 Å². The molecule has 1 amide bonds. The van der Waals surface area contributed by atoms with Crippen molar-refractivity contribution in [2.75, 3.05) is 27.9 Å². The predicted octanol–water partition coefficient (Wildman–Crippen LogP) is 2.17. The molecule has 0 aromatic heterocycles. The van der Waals surface area contributed by atoms with Gasteiger partial charge in [-0.05, 0) is 30.5 Å². The lowest BCUT2D eigenvalue weighted by Gasteiger charge is -2.33. The van der Waals surface area contributed by atoms with Gasteiger partial charge in [0.25, 0.3) is 0 Å². The van der Waals surface area contributed by atoms with E-state index >= 15 is 0 Å². The standard InChI is InChI=1S/C17H28N2O4.ClH/c1-11(2)17(3,10-18)19-15(20)9-12-7-13(21-4)16(23-6)14(8-12)22-5;/h7-8,11H,9-10,18H2,1-6H3,(H,19,20);1H. The van der Waals surface area contributed by atoms with Gasteiger partial charge < -0.3 is 25.3 Å². The number of carbonyl (C=O) groups is 1. The average molecular weight is 361 g/mol.